The summed E-state index contributed by atoms with van der Waals surface area (Å²) in [6.45, 7) is 7.45. The van der Waals surface area contributed by atoms with E-state index < -0.39 is 28.7 Å². The number of nitrogens with one attached hydrogen (secondary N) is 1. The maximum absolute atomic E-state index is 14.4. The van der Waals surface area contributed by atoms with Gasteiger partial charge in [-0.1, -0.05) is 41.5 Å². The van der Waals surface area contributed by atoms with E-state index in [1.54, 1.807) is 11.0 Å². The smallest absolute Gasteiger partial charge is 0.416 e. The first kappa shape index (κ1) is 27.3. The van der Waals surface area contributed by atoms with Crippen molar-refractivity contribution in [3.63, 3.8) is 0 Å². The lowest BCUT2D eigenvalue weighted by molar-refractivity contribution is -0.134. The molecule has 40 heavy (non-hydrogen) atoms. The minimum atomic E-state index is -1.18. The molecule has 5 rings (SSSR count). The quantitative estimate of drug-likeness (QED) is 0.240. The van der Waals surface area contributed by atoms with Gasteiger partial charge in [0.15, 0.2) is 5.78 Å². The van der Waals surface area contributed by atoms with E-state index >= 15 is 0 Å². The molecular formula is C30H34N6O4. The topological polar surface area (TPSA) is 128 Å². The maximum atomic E-state index is 14.4. The first-order valence-electron chi connectivity index (χ1n) is 13.5. The Hall–Kier alpha value is -4.30. The average Bonchev–Trinajstić information content (AvgIpc) is 3.14. The zero-order valence-electron chi connectivity index (χ0n) is 23.5. The number of piperidine rings is 1. The predicted molar refractivity (Wildman–Crippen MR) is 153 cm³/mol. The van der Waals surface area contributed by atoms with Crippen molar-refractivity contribution < 1.29 is 19.1 Å². The summed E-state index contributed by atoms with van der Waals surface area (Å²) in [6, 6.07) is 13.3. The number of nitrogens with zero attached hydrogens (tertiary/aromatic N) is 5. The van der Waals surface area contributed by atoms with Crippen LogP contribution in [-0.2, 0) is 25.2 Å². The van der Waals surface area contributed by atoms with E-state index in [2.05, 4.69) is 15.3 Å². The third-order valence-corrected chi connectivity index (χ3v) is 8.27. The van der Waals surface area contributed by atoms with Gasteiger partial charge in [0.1, 0.15) is 11.8 Å². The Labute approximate surface area is 233 Å². The van der Waals surface area contributed by atoms with Gasteiger partial charge in [-0.25, -0.2) is 4.79 Å². The van der Waals surface area contributed by atoms with E-state index in [1.807, 2.05) is 75.2 Å². The number of hydrogen-bond acceptors (Lipinski definition) is 6. The molecule has 0 saturated carbocycles. The number of rotatable bonds is 5. The number of azide groups is 1. The van der Waals surface area contributed by atoms with Gasteiger partial charge in [-0.15, -0.1) is 0 Å². The van der Waals surface area contributed by atoms with Gasteiger partial charge in [0, 0.05) is 30.7 Å². The zero-order chi connectivity index (χ0) is 28.9. The summed E-state index contributed by atoms with van der Waals surface area (Å²) in [4.78, 5) is 47.2. The summed E-state index contributed by atoms with van der Waals surface area (Å²) < 4.78 is 5.97. The highest BCUT2D eigenvalue weighted by molar-refractivity contribution is 6.03. The van der Waals surface area contributed by atoms with E-state index in [0.717, 1.165) is 16.8 Å². The normalized spacial score (nSPS) is 24.8. The van der Waals surface area contributed by atoms with Crippen molar-refractivity contribution >= 4 is 35.2 Å². The fraction of sp³-hybridized carbons (Fsp3) is 0.433. The Morgan fingerprint density at radius 2 is 1.93 bits per heavy atom. The van der Waals surface area contributed by atoms with Crippen LogP contribution in [0.4, 0.5) is 16.2 Å². The van der Waals surface area contributed by atoms with Crippen LogP contribution in [0.2, 0.25) is 0 Å². The molecule has 2 aromatic carbocycles. The number of hydrogen-bond donors (Lipinski definition) is 1. The second-order valence-electron chi connectivity index (χ2n) is 11.6. The highest BCUT2D eigenvalue weighted by Crippen LogP contribution is 2.65. The molecule has 10 nitrogen and oxygen atoms in total. The Kier molecular flexibility index (Phi) is 6.62. The molecule has 2 amide bonds. The van der Waals surface area contributed by atoms with Crippen molar-refractivity contribution in [1.82, 2.24) is 5.32 Å². The molecule has 208 valence electrons. The molecule has 0 aromatic heterocycles. The van der Waals surface area contributed by atoms with Crippen molar-refractivity contribution in [3.8, 4) is 0 Å². The van der Waals surface area contributed by atoms with E-state index in [0.29, 0.717) is 24.2 Å². The Morgan fingerprint density at radius 3 is 2.62 bits per heavy atom. The van der Waals surface area contributed by atoms with Crippen LogP contribution in [0.25, 0.3) is 16.5 Å². The van der Waals surface area contributed by atoms with Gasteiger partial charge >= 0.3 is 6.09 Å². The molecule has 3 atom stereocenters. The van der Waals surface area contributed by atoms with Gasteiger partial charge < -0.3 is 15.0 Å². The van der Waals surface area contributed by atoms with Gasteiger partial charge in [0.25, 0.3) is 0 Å². The van der Waals surface area contributed by atoms with Crippen molar-refractivity contribution in [2.45, 2.75) is 63.1 Å². The summed E-state index contributed by atoms with van der Waals surface area (Å²) in [5.74, 6) is -0.279. The molecule has 1 fully saturated rings. The van der Waals surface area contributed by atoms with E-state index in [1.165, 1.54) is 13.0 Å². The number of anilines is 2. The lowest BCUT2D eigenvalue weighted by Gasteiger charge is -2.60. The second kappa shape index (κ2) is 9.71. The monoisotopic (exact) mass is 542 g/mol. The van der Waals surface area contributed by atoms with Gasteiger partial charge in [-0.3, -0.25) is 14.5 Å². The van der Waals surface area contributed by atoms with Crippen LogP contribution in [-0.4, -0.2) is 49.7 Å². The third kappa shape index (κ3) is 3.85. The Bertz CT molecular complexity index is 1470. The van der Waals surface area contributed by atoms with Gasteiger partial charge in [0.05, 0.1) is 16.5 Å². The molecule has 1 spiro atoms. The number of para-hydroxylation sites is 1. The van der Waals surface area contributed by atoms with Crippen LogP contribution in [0.15, 0.2) is 53.7 Å². The number of benzene rings is 2. The number of allylic oxidation sites excluding steroid dienone is 1. The number of carbonyl (C=O) groups is 3. The van der Waals surface area contributed by atoms with Gasteiger partial charge in [-0.2, -0.15) is 0 Å². The maximum Gasteiger partial charge on any atom is 0.416 e. The van der Waals surface area contributed by atoms with E-state index in [4.69, 9.17) is 10.3 Å². The SMILES string of the molecule is CC(=O)/C=C\c1cccc2c1[C@@]13CCNC(=O)[C@]1(CCN=[N+]=[N-])c1ccccc1N(C(=O)OC(C)(C)C)[C@@H]3N2C. The third-order valence-electron chi connectivity index (χ3n) is 8.27. The fourth-order valence-electron chi connectivity index (χ4n) is 7.08. The van der Waals surface area contributed by atoms with E-state index in [-0.39, 0.29) is 24.7 Å². The van der Waals surface area contributed by atoms with Crippen LogP contribution in [0.1, 0.15) is 57.2 Å². The molecule has 2 aromatic rings. The highest BCUT2D eigenvalue weighted by atomic mass is 16.6. The molecule has 3 heterocycles. The summed E-state index contributed by atoms with van der Waals surface area (Å²) in [6.07, 6.45) is 2.91. The van der Waals surface area contributed by atoms with Crippen molar-refractivity contribution in [2.75, 3.05) is 29.9 Å². The lowest BCUT2D eigenvalue weighted by Crippen LogP contribution is -2.74. The number of carbonyl (C=O) groups excluding carboxylic acids is 3. The number of likely N-dealkylation sites (N-methyl/N-ethyl adjacent to an activating group) is 1. The largest absolute Gasteiger partial charge is 0.443 e. The van der Waals surface area contributed by atoms with Crippen molar-refractivity contribution in [3.05, 3.63) is 75.7 Å². The molecule has 1 saturated heterocycles. The lowest BCUT2D eigenvalue weighted by atomic mass is 9.49. The molecule has 1 N–H and O–H groups in total. The number of fused-ring (bicyclic) bond motifs is 3. The second-order valence-corrected chi connectivity index (χ2v) is 11.6. The minimum Gasteiger partial charge on any atom is -0.443 e. The zero-order valence-corrected chi connectivity index (χ0v) is 23.5. The molecule has 10 heteroatoms. The molecule has 3 aliphatic rings. The van der Waals surface area contributed by atoms with Crippen LogP contribution < -0.4 is 15.1 Å². The Balaban J connectivity index is 1.91. The molecule has 0 aliphatic carbocycles. The summed E-state index contributed by atoms with van der Waals surface area (Å²) in [5.41, 5.74) is 10.1. The van der Waals surface area contributed by atoms with Crippen LogP contribution in [0.5, 0.6) is 0 Å². The first-order valence-corrected chi connectivity index (χ1v) is 13.5. The molecular weight excluding hydrogens is 508 g/mol. The fourth-order valence-corrected chi connectivity index (χ4v) is 7.08. The predicted octanol–water partition coefficient (Wildman–Crippen LogP) is 5.22. The summed E-state index contributed by atoms with van der Waals surface area (Å²) >= 11 is 0. The highest BCUT2D eigenvalue weighted by Gasteiger charge is 2.72. The van der Waals surface area contributed by atoms with Gasteiger partial charge in [-0.05, 0) is 81.0 Å². The van der Waals surface area contributed by atoms with E-state index in [9.17, 15) is 14.4 Å². The molecule has 3 aliphatic heterocycles. The Morgan fingerprint density at radius 1 is 1.20 bits per heavy atom. The van der Waals surface area contributed by atoms with Crippen LogP contribution in [0, 0.1) is 0 Å². The van der Waals surface area contributed by atoms with Crippen molar-refractivity contribution in [1.29, 1.82) is 0 Å². The molecule has 0 radical (unpaired) electrons. The van der Waals surface area contributed by atoms with Crippen LogP contribution >= 0.6 is 0 Å². The molecule has 0 bridgehead atoms. The number of ether oxygens (including phenoxy) is 1. The molecule has 0 unspecified atom stereocenters. The average molecular weight is 543 g/mol. The van der Waals surface area contributed by atoms with Crippen LogP contribution in [0.3, 0.4) is 0 Å². The summed E-state index contributed by atoms with van der Waals surface area (Å²) in [5, 5.41) is 6.95. The minimum absolute atomic E-state index is 0.0870. The summed E-state index contributed by atoms with van der Waals surface area (Å²) in [7, 11) is 1.92. The number of amides is 2. The van der Waals surface area contributed by atoms with Crippen molar-refractivity contribution in [2.24, 2.45) is 5.11 Å². The number of ketones is 1. The standard InChI is InChI=1S/C30H34N6O4/c1-19(37)13-14-20-9-8-12-23-24(20)30-15-17-32-25(38)29(30,16-18-33-34-31)21-10-6-7-11-22(21)36(26(30)35(23)5)27(39)40-28(2,3)4/h6-14,26H,15-18H2,1-5H3,(H,32,38)/b14-13-/t26-,29-,30+/m0/s1. The first-order chi connectivity index (χ1) is 19.0. The van der Waals surface area contributed by atoms with Gasteiger partial charge in [0.2, 0.25) is 5.91 Å².